The van der Waals surface area contributed by atoms with Crippen LogP contribution in [-0.4, -0.2) is 27.8 Å². The molecule has 2 aromatic heterocycles. The quantitative estimate of drug-likeness (QED) is 0.333. The molecule has 0 saturated heterocycles. The number of fused-ring (bicyclic) bond motifs is 5. The van der Waals surface area contributed by atoms with E-state index in [-0.39, 0.29) is 11.7 Å². The van der Waals surface area contributed by atoms with Crippen LogP contribution < -0.4 is 0 Å². The predicted octanol–water partition coefficient (Wildman–Crippen LogP) is 6.40. The van der Waals surface area contributed by atoms with Gasteiger partial charge < -0.3 is 9.88 Å². The van der Waals surface area contributed by atoms with Gasteiger partial charge in [0.1, 0.15) is 10.8 Å². The number of rotatable bonds is 4. The summed E-state index contributed by atoms with van der Waals surface area (Å²) in [5, 5.41) is 3.73. The molecule has 0 spiro atoms. The van der Waals surface area contributed by atoms with Crippen molar-refractivity contribution in [2.75, 3.05) is 7.05 Å². The smallest absolute Gasteiger partial charge is 0.230 e. The Balaban J connectivity index is 1.34. The largest absolute Gasteiger partial charge is 0.354 e. The molecule has 1 unspecified atom stereocenters. The summed E-state index contributed by atoms with van der Waals surface area (Å²) in [4.78, 5) is 23.7. The van der Waals surface area contributed by atoms with Crippen molar-refractivity contribution < 1.29 is 9.18 Å². The molecule has 1 aliphatic carbocycles. The fraction of sp³-hybridized carbons (Fsp3) is 0.143. The van der Waals surface area contributed by atoms with Gasteiger partial charge in [-0.3, -0.25) is 4.79 Å². The molecule has 0 aliphatic heterocycles. The summed E-state index contributed by atoms with van der Waals surface area (Å²) < 4.78 is 14.2. The number of nitrogens with one attached hydrogen (secondary N) is 1. The first-order chi connectivity index (χ1) is 16.6. The fourth-order valence-electron chi connectivity index (χ4n) is 4.91. The molecule has 6 rings (SSSR count). The van der Waals surface area contributed by atoms with Crippen LogP contribution in [0.15, 0.2) is 78.2 Å². The summed E-state index contributed by atoms with van der Waals surface area (Å²) in [6, 6.07) is 22.9. The van der Waals surface area contributed by atoms with Gasteiger partial charge in [-0.2, -0.15) is 0 Å². The third-order valence-electron chi connectivity index (χ3n) is 6.51. The van der Waals surface area contributed by atoms with E-state index in [0.717, 1.165) is 49.6 Å². The van der Waals surface area contributed by atoms with Gasteiger partial charge in [0.15, 0.2) is 0 Å². The Bertz CT molecular complexity index is 1520. The lowest BCUT2D eigenvalue weighted by atomic mass is 9.80. The number of hydrogen-bond donors (Lipinski definition) is 1. The number of hydrogen-bond acceptors (Lipinski definition) is 3. The van der Waals surface area contributed by atoms with Crippen LogP contribution in [0.25, 0.3) is 32.7 Å². The number of aromatic amines is 1. The van der Waals surface area contributed by atoms with Crippen molar-refractivity contribution in [1.29, 1.82) is 0 Å². The monoisotopic (exact) mass is 467 g/mol. The Morgan fingerprint density at radius 2 is 1.91 bits per heavy atom. The van der Waals surface area contributed by atoms with E-state index in [9.17, 15) is 9.18 Å². The van der Waals surface area contributed by atoms with E-state index in [1.54, 1.807) is 22.3 Å². The normalized spacial score (nSPS) is 14.6. The minimum Gasteiger partial charge on any atom is -0.354 e. The van der Waals surface area contributed by atoms with Gasteiger partial charge in [0.2, 0.25) is 5.91 Å². The SMILES string of the molecule is CN(Cc1csc(-c2ccccc2)n1)C(=O)C1Cc2ccccc2-c2[nH]c3ccc(F)cc3c21. The summed E-state index contributed by atoms with van der Waals surface area (Å²) in [5.41, 5.74) is 6.77. The zero-order chi connectivity index (χ0) is 23.2. The summed E-state index contributed by atoms with van der Waals surface area (Å²) in [5.74, 6) is -0.684. The van der Waals surface area contributed by atoms with Crippen molar-refractivity contribution in [3.63, 3.8) is 0 Å². The number of benzene rings is 3. The Labute approximate surface area is 200 Å². The Morgan fingerprint density at radius 1 is 1.12 bits per heavy atom. The molecule has 1 atom stereocenters. The topological polar surface area (TPSA) is 49.0 Å². The lowest BCUT2D eigenvalue weighted by Gasteiger charge is -2.28. The van der Waals surface area contributed by atoms with E-state index < -0.39 is 5.92 Å². The van der Waals surface area contributed by atoms with Crippen molar-refractivity contribution in [2.45, 2.75) is 18.9 Å². The highest BCUT2D eigenvalue weighted by atomic mass is 32.1. The molecular weight excluding hydrogens is 445 g/mol. The van der Waals surface area contributed by atoms with Crippen LogP contribution in [0.5, 0.6) is 0 Å². The first-order valence-electron chi connectivity index (χ1n) is 11.2. The maximum Gasteiger partial charge on any atom is 0.230 e. The number of carbonyl (C=O) groups excluding carboxylic acids is 1. The van der Waals surface area contributed by atoms with E-state index >= 15 is 0 Å². The van der Waals surface area contributed by atoms with E-state index in [0.29, 0.717) is 13.0 Å². The Morgan fingerprint density at radius 3 is 2.76 bits per heavy atom. The molecule has 3 aromatic carbocycles. The second-order valence-corrected chi connectivity index (χ2v) is 9.58. The summed E-state index contributed by atoms with van der Waals surface area (Å²) in [6.07, 6.45) is 0.585. The molecule has 1 amide bonds. The van der Waals surface area contributed by atoms with Gasteiger partial charge in [-0.15, -0.1) is 11.3 Å². The highest BCUT2D eigenvalue weighted by Gasteiger charge is 2.34. The number of halogens is 1. The van der Waals surface area contributed by atoms with Gasteiger partial charge in [-0.1, -0.05) is 54.6 Å². The van der Waals surface area contributed by atoms with Crippen molar-refractivity contribution in [3.8, 4) is 21.8 Å². The van der Waals surface area contributed by atoms with Gasteiger partial charge in [0.25, 0.3) is 0 Å². The number of H-pyrrole nitrogens is 1. The first kappa shape index (κ1) is 20.8. The zero-order valence-corrected chi connectivity index (χ0v) is 19.4. The van der Waals surface area contributed by atoms with Crippen molar-refractivity contribution in [3.05, 3.63) is 101 Å². The Kier molecular flexibility index (Phi) is 5.03. The average molecular weight is 468 g/mol. The molecule has 2 heterocycles. The number of carbonyl (C=O) groups is 1. The minimum absolute atomic E-state index is 0.00942. The van der Waals surface area contributed by atoms with E-state index in [4.69, 9.17) is 4.98 Å². The summed E-state index contributed by atoms with van der Waals surface area (Å²) >= 11 is 1.58. The lowest BCUT2D eigenvalue weighted by Crippen LogP contribution is -2.33. The van der Waals surface area contributed by atoms with Crippen molar-refractivity contribution >= 4 is 28.1 Å². The molecule has 1 aliphatic rings. The van der Waals surface area contributed by atoms with Crippen LogP contribution >= 0.6 is 11.3 Å². The first-order valence-corrected chi connectivity index (χ1v) is 12.1. The van der Waals surface area contributed by atoms with Crippen LogP contribution in [0.1, 0.15) is 22.7 Å². The summed E-state index contributed by atoms with van der Waals surface area (Å²) in [6.45, 7) is 0.423. The van der Waals surface area contributed by atoms with Gasteiger partial charge in [0, 0.05) is 34.5 Å². The van der Waals surface area contributed by atoms with Gasteiger partial charge in [-0.05, 0) is 35.7 Å². The number of nitrogens with zero attached hydrogens (tertiary/aromatic N) is 2. The second kappa shape index (κ2) is 8.22. The molecule has 1 N–H and O–H groups in total. The highest BCUT2D eigenvalue weighted by molar-refractivity contribution is 7.13. The number of likely N-dealkylation sites (N-methyl/N-ethyl adjacent to an activating group) is 1. The molecule has 0 radical (unpaired) electrons. The Hall–Kier alpha value is -3.77. The second-order valence-electron chi connectivity index (χ2n) is 8.72. The minimum atomic E-state index is -0.391. The molecule has 0 saturated carbocycles. The molecule has 0 bridgehead atoms. The van der Waals surface area contributed by atoms with Crippen LogP contribution in [0.3, 0.4) is 0 Å². The molecule has 34 heavy (non-hydrogen) atoms. The van der Waals surface area contributed by atoms with E-state index in [2.05, 4.69) is 17.1 Å². The highest BCUT2D eigenvalue weighted by Crippen LogP contribution is 2.44. The van der Waals surface area contributed by atoms with Gasteiger partial charge in [-0.25, -0.2) is 9.37 Å². The van der Waals surface area contributed by atoms with E-state index in [1.165, 1.54) is 12.1 Å². The van der Waals surface area contributed by atoms with Gasteiger partial charge in [0.05, 0.1) is 23.9 Å². The van der Waals surface area contributed by atoms with Crippen LogP contribution in [0.4, 0.5) is 4.39 Å². The van der Waals surface area contributed by atoms with Crippen LogP contribution in [0, 0.1) is 5.82 Å². The number of thiazole rings is 1. The number of amides is 1. The van der Waals surface area contributed by atoms with Crippen LogP contribution in [-0.2, 0) is 17.8 Å². The molecule has 0 fully saturated rings. The molecule has 4 nitrogen and oxygen atoms in total. The third kappa shape index (κ3) is 3.51. The fourth-order valence-corrected chi connectivity index (χ4v) is 5.73. The third-order valence-corrected chi connectivity index (χ3v) is 7.45. The van der Waals surface area contributed by atoms with Gasteiger partial charge >= 0.3 is 0 Å². The van der Waals surface area contributed by atoms with Crippen molar-refractivity contribution in [2.24, 2.45) is 0 Å². The predicted molar refractivity (Wildman–Crippen MR) is 134 cm³/mol. The lowest BCUT2D eigenvalue weighted by molar-refractivity contribution is -0.132. The average Bonchev–Trinajstić information content (AvgIpc) is 3.48. The molecule has 168 valence electrons. The maximum absolute atomic E-state index is 14.2. The molecular formula is C28H22FN3OS. The molecule has 5 aromatic rings. The van der Waals surface area contributed by atoms with Crippen molar-refractivity contribution in [1.82, 2.24) is 14.9 Å². The van der Waals surface area contributed by atoms with E-state index in [1.807, 2.05) is 54.9 Å². The van der Waals surface area contributed by atoms with Crippen LogP contribution in [0.2, 0.25) is 0 Å². The maximum atomic E-state index is 14.2. The summed E-state index contributed by atoms with van der Waals surface area (Å²) in [7, 11) is 1.82. The zero-order valence-electron chi connectivity index (χ0n) is 18.6. The molecule has 6 heteroatoms. The standard InChI is InChI=1S/C28H22FN3OS/c1-32(15-20-16-34-27(30-20)17-7-3-2-4-8-17)28(33)23-13-18-9-5-6-10-21(18)26-25(23)22-14-19(29)11-12-24(22)31-26/h2-12,14,16,23,31H,13,15H2,1H3. The number of aromatic nitrogens is 2.